The van der Waals surface area contributed by atoms with Crippen LogP contribution in [0.3, 0.4) is 0 Å². The Labute approximate surface area is 157 Å². The van der Waals surface area contributed by atoms with Gasteiger partial charge >= 0.3 is 6.09 Å². The Morgan fingerprint density at radius 1 is 1.22 bits per heavy atom. The van der Waals surface area contributed by atoms with E-state index in [0.717, 1.165) is 5.56 Å². The van der Waals surface area contributed by atoms with Gasteiger partial charge in [-0.1, -0.05) is 30.3 Å². The van der Waals surface area contributed by atoms with E-state index < -0.39 is 48.6 Å². The maximum absolute atomic E-state index is 12.6. The Morgan fingerprint density at radius 3 is 2.67 bits per heavy atom. The van der Waals surface area contributed by atoms with Gasteiger partial charge in [0.1, 0.15) is 24.9 Å². The molecule has 1 aromatic carbocycles. The summed E-state index contributed by atoms with van der Waals surface area (Å²) in [5, 5.41) is 21.1. The average molecular weight is 379 g/mol. The summed E-state index contributed by atoms with van der Waals surface area (Å²) in [6, 6.07) is 8.64. The lowest BCUT2D eigenvalue weighted by atomic mass is 9.99. The molecule has 8 heteroatoms. The summed E-state index contributed by atoms with van der Waals surface area (Å²) in [5.41, 5.74) is 0.873. The molecule has 3 aliphatic heterocycles. The van der Waals surface area contributed by atoms with Crippen molar-refractivity contribution in [1.82, 2.24) is 4.90 Å². The predicted molar refractivity (Wildman–Crippen MR) is 92.4 cm³/mol. The van der Waals surface area contributed by atoms with Crippen molar-refractivity contribution in [3.05, 3.63) is 35.9 Å². The third kappa shape index (κ3) is 3.55. The fourth-order valence-corrected chi connectivity index (χ4v) is 4.01. The van der Waals surface area contributed by atoms with Gasteiger partial charge in [-0.3, -0.25) is 4.90 Å². The van der Waals surface area contributed by atoms with Crippen LogP contribution in [0.2, 0.25) is 0 Å². The summed E-state index contributed by atoms with van der Waals surface area (Å²) in [6.45, 7) is 3.95. The highest BCUT2D eigenvalue weighted by Gasteiger charge is 2.59. The molecule has 4 rings (SSSR count). The molecule has 1 aromatic rings. The van der Waals surface area contributed by atoms with E-state index in [1.165, 1.54) is 4.90 Å². The highest BCUT2D eigenvalue weighted by molar-refractivity contribution is 5.68. The number of ether oxygens (including phenoxy) is 4. The molecule has 0 aromatic heterocycles. The molecular formula is C19H25NO7. The van der Waals surface area contributed by atoms with E-state index in [2.05, 4.69) is 0 Å². The highest BCUT2D eigenvalue weighted by Crippen LogP contribution is 2.40. The van der Waals surface area contributed by atoms with Crippen LogP contribution >= 0.6 is 0 Å². The van der Waals surface area contributed by atoms with Gasteiger partial charge in [0.05, 0.1) is 12.1 Å². The molecular weight excluding hydrogens is 354 g/mol. The molecule has 27 heavy (non-hydrogen) atoms. The van der Waals surface area contributed by atoms with Gasteiger partial charge in [0, 0.05) is 6.54 Å². The molecule has 148 valence electrons. The summed E-state index contributed by atoms with van der Waals surface area (Å²) in [7, 11) is 0. The second-order valence-corrected chi connectivity index (χ2v) is 7.64. The zero-order valence-electron chi connectivity index (χ0n) is 15.4. The molecule has 0 saturated carbocycles. The number of fused-ring (bicyclic) bond motifs is 1. The van der Waals surface area contributed by atoms with Crippen molar-refractivity contribution in [3.8, 4) is 0 Å². The fraction of sp³-hybridized carbons (Fsp3) is 0.632. The first-order valence-corrected chi connectivity index (χ1v) is 9.20. The van der Waals surface area contributed by atoms with E-state index >= 15 is 0 Å². The van der Waals surface area contributed by atoms with Crippen LogP contribution in [0.15, 0.2) is 30.3 Å². The molecule has 6 atom stereocenters. The number of carbonyl (C=O) groups is 1. The monoisotopic (exact) mass is 379 g/mol. The molecule has 0 unspecified atom stereocenters. The van der Waals surface area contributed by atoms with E-state index in [4.69, 9.17) is 18.9 Å². The van der Waals surface area contributed by atoms with Gasteiger partial charge in [-0.2, -0.15) is 0 Å². The minimum Gasteiger partial charge on any atom is -0.445 e. The lowest BCUT2D eigenvalue weighted by Crippen LogP contribution is -2.52. The third-order valence-electron chi connectivity index (χ3n) is 5.25. The van der Waals surface area contributed by atoms with Crippen LogP contribution in [-0.4, -0.2) is 70.3 Å². The van der Waals surface area contributed by atoms with E-state index in [1.54, 1.807) is 13.8 Å². The smallest absolute Gasteiger partial charge is 0.410 e. The van der Waals surface area contributed by atoms with E-state index in [9.17, 15) is 15.0 Å². The molecule has 3 fully saturated rings. The number of hydrogen-bond donors (Lipinski definition) is 2. The molecule has 0 radical (unpaired) electrons. The van der Waals surface area contributed by atoms with Crippen molar-refractivity contribution < 1.29 is 34.0 Å². The normalized spacial score (nSPS) is 37.4. The number of nitrogens with zero attached hydrogens (tertiary/aromatic N) is 1. The summed E-state index contributed by atoms with van der Waals surface area (Å²) < 4.78 is 22.6. The van der Waals surface area contributed by atoms with Crippen molar-refractivity contribution >= 4 is 6.09 Å². The molecule has 0 spiro atoms. The van der Waals surface area contributed by atoms with Crippen molar-refractivity contribution in [2.45, 2.75) is 69.4 Å². The zero-order chi connectivity index (χ0) is 19.2. The number of likely N-dealkylation sites (tertiary alicyclic amines) is 1. The first-order valence-electron chi connectivity index (χ1n) is 9.20. The Balaban J connectivity index is 1.43. The average Bonchev–Trinajstić information content (AvgIpc) is 3.25. The van der Waals surface area contributed by atoms with Gasteiger partial charge in [-0.25, -0.2) is 4.79 Å². The number of aliphatic hydroxyl groups excluding tert-OH is 2. The summed E-state index contributed by atoms with van der Waals surface area (Å²) in [4.78, 5) is 14.0. The minimum atomic E-state index is -1.01. The maximum Gasteiger partial charge on any atom is 0.410 e. The molecule has 0 aliphatic carbocycles. The second-order valence-electron chi connectivity index (χ2n) is 7.64. The number of amides is 1. The molecule has 2 N–H and O–H groups in total. The molecule has 0 bridgehead atoms. The minimum absolute atomic E-state index is 0.138. The van der Waals surface area contributed by atoms with Crippen molar-refractivity contribution in [1.29, 1.82) is 0 Å². The molecule has 3 aliphatic rings. The standard InChI is InChI=1S/C19H25NO7/c1-19(2)26-16-14(22)15(25-17(16)27-19)13-12(21)8-9-20(13)18(23)24-10-11-6-4-3-5-7-11/h3-7,12-17,21-22H,8-10H2,1-2H3/t12-,13-,14+,15-,16-,17-/m1/s1. The van der Waals surface area contributed by atoms with Crippen molar-refractivity contribution in [3.63, 3.8) is 0 Å². The van der Waals surface area contributed by atoms with Crippen LogP contribution in [0.25, 0.3) is 0 Å². The Hall–Kier alpha value is -1.71. The first-order chi connectivity index (χ1) is 12.9. The van der Waals surface area contributed by atoms with E-state index in [-0.39, 0.29) is 6.61 Å². The SMILES string of the molecule is CC1(C)O[C@H]2O[C@H]([C@H]3[C@H](O)CCN3C(=O)OCc3ccccc3)[C@H](O)[C@H]2O1. The van der Waals surface area contributed by atoms with Crippen LogP contribution in [0.5, 0.6) is 0 Å². The number of benzene rings is 1. The van der Waals surface area contributed by atoms with Gasteiger partial charge in [-0.05, 0) is 25.8 Å². The summed E-state index contributed by atoms with van der Waals surface area (Å²) >= 11 is 0. The van der Waals surface area contributed by atoms with Crippen LogP contribution in [0.4, 0.5) is 4.79 Å². The Morgan fingerprint density at radius 2 is 1.96 bits per heavy atom. The van der Waals surface area contributed by atoms with Gasteiger partial charge < -0.3 is 29.2 Å². The van der Waals surface area contributed by atoms with Gasteiger partial charge in [-0.15, -0.1) is 0 Å². The maximum atomic E-state index is 12.6. The van der Waals surface area contributed by atoms with Gasteiger partial charge in [0.25, 0.3) is 0 Å². The molecule has 3 saturated heterocycles. The number of hydrogen-bond acceptors (Lipinski definition) is 7. The Kier molecular flexibility index (Phi) is 4.85. The summed E-state index contributed by atoms with van der Waals surface area (Å²) in [6.07, 6.45) is -4.18. The predicted octanol–water partition coefficient (Wildman–Crippen LogP) is 0.996. The van der Waals surface area contributed by atoms with Crippen LogP contribution in [0, 0.1) is 0 Å². The molecule has 1 amide bonds. The number of carbonyl (C=O) groups excluding carboxylic acids is 1. The van der Waals surface area contributed by atoms with Crippen LogP contribution in [0.1, 0.15) is 25.8 Å². The van der Waals surface area contributed by atoms with E-state index in [0.29, 0.717) is 13.0 Å². The van der Waals surface area contributed by atoms with Crippen LogP contribution in [-0.2, 0) is 25.6 Å². The topological polar surface area (TPSA) is 97.7 Å². The number of aliphatic hydroxyl groups is 2. The fourth-order valence-electron chi connectivity index (χ4n) is 4.01. The highest BCUT2D eigenvalue weighted by atomic mass is 16.8. The van der Waals surface area contributed by atoms with E-state index in [1.807, 2.05) is 30.3 Å². The molecule has 3 heterocycles. The Bertz CT molecular complexity index is 682. The van der Waals surface area contributed by atoms with Gasteiger partial charge in [0.15, 0.2) is 12.1 Å². The lowest BCUT2D eigenvalue weighted by Gasteiger charge is -2.33. The summed E-state index contributed by atoms with van der Waals surface area (Å²) in [5.74, 6) is -0.843. The molecule has 8 nitrogen and oxygen atoms in total. The zero-order valence-corrected chi connectivity index (χ0v) is 15.4. The largest absolute Gasteiger partial charge is 0.445 e. The van der Waals surface area contributed by atoms with Crippen molar-refractivity contribution in [2.24, 2.45) is 0 Å². The van der Waals surface area contributed by atoms with Crippen LogP contribution < -0.4 is 0 Å². The van der Waals surface area contributed by atoms with Crippen molar-refractivity contribution in [2.75, 3.05) is 6.54 Å². The first kappa shape index (κ1) is 18.6. The number of rotatable bonds is 3. The lowest BCUT2D eigenvalue weighted by molar-refractivity contribution is -0.222. The third-order valence-corrected chi connectivity index (χ3v) is 5.25. The second kappa shape index (κ2) is 7.03. The van der Waals surface area contributed by atoms with Gasteiger partial charge in [0.2, 0.25) is 0 Å². The quantitative estimate of drug-likeness (QED) is 0.808.